The van der Waals surface area contributed by atoms with Crippen LogP contribution in [0.15, 0.2) is 36.7 Å². The first-order chi connectivity index (χ1) is 8.77. The third-order valence-corrected chi connectivity index (χ3v) is 3.25. The molecule has 0 fully saturated rings. The summed E-state index contributed by atoms with van der Waals surface area (Å²) in [5.74, 6) is 0. The van der Waals surface area contributed by atoms with Gasteiger partial charge in [-0.15, -0.1) is 0 Å². The molecule has 3 heteroatoms. The highest BCUT2D eigenvalue weighted by Gasteiger charge is 2.00. The van der Waals surface area contributed by atoms with Crippen molar-refractivity contribution in [3.05, 3.63) is 53.3 Å². The molecule has 1 N–H and O–H groups in total. The van der Waals surface area contributed by atoms with E-state index in [2.05, 4.69) is 42.5 Å². The highest BCUT2D eigenvalue weighted by Crippen LogP contribution is 2.12. The summed E-state index contributed by atoms with van der Waals surface area (Å²) in [6, 6.07) is 8.43. The van der Waals surface area contributed by atoms with E-state index in [1.54, 1.807) is 0 Å². The monoisotopic (exact) mass is 243 g/mol. The SMILES string of the molecule is Cc1cccc(C)c1CNCCCn1cccn1. The highest BCUT2D eigenvalue weighted by atomic mass is 15.3. The molecule has 0 radical (unpaired) electrons. The molecule has 1 aromatic carbocycles. The zero-order valence-electron chi connectivity index (χ0n) is 11.2. The topological polar surface area (TPSA) is 29.9 Å². The van der Waals surface area contributed by atoms with Gasteiger partial charge in [-0.1, -0.05) is 18.2 Å². The predicted octanol–water partition coefficient (Wildman–Crippen LogP) is 2.68. The second-order valence-electron chi connectivity index (χ2n) is 4.67. The first-order valence-electron chi connectivity index (χ1n) is 6.50. The second kappa shape index (κ2) is 6.36. The Hall–Kier alpha value is -1.61. The highest BCUT2D eigenvalue weighted by molar-refractivity contribution is 5.33. The lowest BCUT2D eigenvalue weighted by Crippen LogP contribution is -2.18. The number of hydrogen-bond acceptors (Lipinski definition) is 2. The van der Waals surface area contributed by atoms with Crippen LogP contribution >= 0.6 is 0 Å². The first-order valence-corrected chi connectivity index (χ1v) is 6.50. The molecule has 96 valence electrons. The van der Waals surface area contributed by atoms with Gasteiger partial charge in [0.05, 0.1) is 0 Å². The Kier molecular flexibility index (Phi) is 4.53. The number of nitrogens with zero attached hydrogens (tertiary/aromatic N) is 2. The molecule has 0 saturated heterocycles. The maximum Gasteiger partial charge on any atom is 0.0489 e. The van der Waals surface area contributed by atoms with Gasteiger partial charge in [-0.25, -0.2) is 0 Å². The molecule has 0 saturated carbocycles. The van der Waals surface area contributed by atoms with E-state index >= 15 is 0 Å². The van der Waals surface area contributed by atoms with E-state index in [-0.39, 0.29) is 0 Å². The fourth-order valence-corrected chi connectivity index (χ4v) is 2.14. The number of rotatable bonds is 6. The standard InChI is InChI=1S/C15H21N3/c1-13-6-3-7-14(2)15(13)12-16-8-4-10-18-11-5-9-17-18/h3,5-7,9,11,16H,4,8,10,12H2,1-2H3. The van der Waals surface area contributed by atoms with Gasteiger partial charge in [0.15, 0.2) is 0 Å². The molecule has 2 rings (SSSR count). The summed E-state index contributed by atoms with van der Waals surface area (Å²) in [6.07, 6.45) is 4.93. The Morgan fingerprint density at radius 1 is 1.17 bits per heavy atom. The largest absolute Gasteiger partial charge is 0.313 e. The van der Waals surface area contributed by atoms with Crippen molar-refractivity contribution in [2.24, 2.45) is 0 Å². The quantitative estimate of drug-likeness (QED) is 0.791. The predicted molar refractivity (Wildman–Crippen MR) is 74.5 cm³/mol. The van der Waals surface area contributed by atoms with E-state index in [9.17, 15) is 0 Å². The average molecular weight is 243 g/mol. The number of aryl methyl sites for hydroxylation is 3. The zero-order chi connectivity index (χ0) is 12.8. The van der Waals surface area contributed by atoms with Gasteiger partial charge in [0.1, 0.15) is 0 Å². The Morgan fingerprint density at radius 2 is 1.94 bits per heavy atom. The fourth-order valence-electron chi connectivity index (χ4n) is 2.14. The molecule has 1 heterocycles. The molecule has 0 spiro atoms. The molecule has 3 nitrogen and oxygen atoms in total. The van der Waals surface area contributed by atoms with Gasteiger partial charge in [-0.2, -0.15) is 5.10 Å². The van der Waals surface area contributed by atoms with E-state index in [1.165, 1.54) is 16.7 Å². The van der Waals surface area contributed by atoms with Crippen LogP contribution in [-0.4, -0.2) is 16.3 Å². The smallest absolute Gasteiger partial charge is 0.0489 e. The second-order valence-corrected chi connectivity index (χ2v) is 4.67. The maximum absolute atomic E-state index is 4.19. The van der Waals surface area contributed by atoms with Gasteiger partial charge in [-0.3, -0.25) is 4.68 Å². The van der Waals surface area contributed by atoms with E-state index in [4.69, 9.17) is 0 Å². The minimum atomic E-state index is 0.956. The molecule has 0 unspecified atom stereocenters. The molecule has 1 aromatic heterocycles. The van der Waals surface area contributed by atoms with Gasteiger partial charge in [0.2, 0.25) is 0 Å². The zero-order valence-corrected chi connectivity index (χ0v) is 11.2. The summed E-state index contributed by atoms with van der Waals surface area (Å²) >= 11 is 0. The van der Waals surface area contributed by atoms with Crippen molar-refractivity contribution in [2.45, 2.75) is 33.4 Å². The summed E-state index contributed by atoms with van der Waals surface area (Å²) in [5, 5.41) is 7.69. The van der Waals surface area contributed by atoms with Crippen LogP contribution < -0.4 is 5.32 Å². The molecular formula is C15H21N3. The molecular weight excluding hydrogens is 222 g/mol. The van der Waals surface area contributed by atoms with Crippen molar-refractivity contribution in [2.75, 3.05) is 6.54 Å². The van der Waals surface area contributed by atoms with Crippen LogP contribution in [0.5, 0.6) is 0 Å². The molecule has 0 aliphatic heterocycles. The van der Waals surface area contributed by atoms with Gasteiger partial charge in [-0.05, 0) is 49.6 Å². The Morgan fingerprint density at radius 3 is 2.61 bits per heavy atom. The summed E-state index contributed by atoms with van der Waals surface area (Å²) < 4.78 is 1.97. The first kappa shape index (κ1) is 12.8. The third-order valence-electron chi connectivity index (χ3n) is 3.25. The van der Waals surface area contributed by atoms with Crippen molar-refractivity contribution in [3.8, 4) is 0 Å². The van der Waals surface area contributed by atoms with E-state index in [0.717, 1.165) is 26.1 Å². The van der Waals surface area contributed by atoms with Crippen LogP contribution in [-0.2, 0) is 13.1 Å². The van der Waals surface area contributed by atoms with Crippen LogP contribution in [0.25, 0.3) is 0 Å². The molecule has 0 aliphatic rings. The summed E-state index contributed by atoms with van der Waals surface area (Å²) in [7, 11) is 0. The van der Waals surface area contributed by atoms with Gasteiger partial charge in [0.25, 0.3) is 0 Å². The van der Waals surface area contributed by atoms with Crippen LogP contribution in [0.2, 0.25) is 0 Å². The normalized spacial score (nSPS) is 10.8. The minimum absolute atomic E-state index is 0.956. The van der Waals surface area contributed by atoms with Crippen molar-refractivity contribution >= 4 is 0 Å². The molecule has 0 aliphatic carbocycles. The molecule has 0 atom stereocenters. The number of benzene rings is 1. The molecule has 2 aromatic rings. The van der Waals surface area contributed by atoms with Crippen LogP contribution in [0, 0.1) is 13.8 Å². The minimum Gasteiger partial charge on any atom is -0.313 e. The van der Waals surface area contributed by atoms with Gasteiger partial charge < -0.3 is 5.32 Å². The van der Waals surface area contributed by atoms with Crippen molar-refractivity contribution in [1.29, 1.82) is 0 Å². The van der Waals surface area contributed by atoms with Gasteiger partial charge >= 0.3 is 0 Å². The average Bonchev–Trinajstić information content (AvgIpc) is 2.85. The lowest BCUT2D eigenvalue weighted by molar-refractivity contribution is 0.542. The number of aromatic nitrogens is 2. The molecule has 0 amide bonds. The van der Waals surface area contributed by atoms with E-state index < -0.39 is 0 Å². The maximum atomic E-state index is 4.19. The summed E-state index contributed by atoms with van der Waals surface area (Å²) in [6.45, 7) is 7.31. The summed E-state index contributed by atoms with van der Waals surface area (Å²) in [5.41, 5.74) is 4.17. The van der Waals surface area contributed by atoms with E-state index in [0.29, 0.717) is 0 Å². The Balaban J connectivity index is 1.72. The van der Waals surface area contributed by atoms with E-state index in [1.807, 2.05) is 23.1 Å². The van der Waals surface area contributed by atoms with Crippen molar-refractivity contribution < 1.29 is 0 Å². The van der Waals surface area contributed by atoms with Crippen molar-refractivity contribution in [1.82, 2.24) is 15.1 Å². The van der Waals surface area contributed by atoms with Gasteiger partial charge in [0, 0.05) is 25.5 Å². The number of hydrogen-bond donors (Lipinski definition) is 1. The number of nitrogens with one attached hydrogen (secondary N) is 1. The Bertz CT molecular complexity index is 454. The Labute approximate surface area is 109 Å². The van der Waals surface area contributed by atoms with Crippen molar-refractivity contribution in [3.63, 3.8) is 0 Å². The third kappa shape index (κ3) is 3.44. The lowest BCUT2D eigenvalue weighted by atomic mass is 10.0. The summed E-state index contributed by atoms with van der Waals surface area (Å²) in [4.78, 5) is 0. The molecule has 0 bridgehead atoms. The molecule has 18 heavy (non-hydrogen) atoms. The lowest BCUT2D eigenvalue weighted by Gasteiger charge is -2.10. The van der Waals surface area contributed by atoms with Crippen LogP contribution in [0.1, 0.15) is 23.1 Å². The van der Waals surface area contributed by atoms with Crippen LogP contribution in [0.4, 0.5) is 0 Å². The van der Waals surface area contributed by atoms with Crippen LogP contribution in [0.3, 0.4) is 0 Å². The fraction of sp³-hybridized carbons (Fsp3) is 0.400.